The van der Waals surface area contributed by atoms with Gasteiger partial charge >= 0.3 is 5.97 Å². The number of esters is 1. The maximum absolute atomic E-state index is 12.9. The molecule has 0 aliphatic carbocycles. The number of sulfone groups is 1. The number of hydrogen-bond acceptors (Lipinski definition) is 6. The van der Waals surface area contributed by atoms with Crippen molar-refractivity contribution in [3.05, 3.63) is 66.2 Å². The number of ether oxygens (including phenoxy) is 2. The van der Waals surface area contributed by atoms with Crippen LogP contribution in [0.4, 0.5) is 5.69 Å². The van der Waals surface area contributed by atoms with Gasteiger partial charge in [0.25, 0.3) is 5.91 Å². The molecule has 2 aromatic rings. The summed E-state index contributed by atoms with van der Waals surface area (Å²) in [6.45, 7) is 1.88. The summed E-state index contributed by atoms with van der Waals surface area (Å²) in [5.41, 5.74) is 1.29. The summed E-state index contributed by atoms with van der Waals surface area (Å²) < 4.78 is 34.5. The first-order chi connectivity index (χ1) is 14.9. The molecule has 2 aromatic carbocycles. The predicted molar refractivity (Wildman–Crippen MR) is 119 cm³/mol. The molecule has 0 bridgehead atoms. The van der Waals surface area contributed by atoms with Crippen molar-refractivity contribution in [2.24, 2.45) is 0 Å². The van der Waals surface area contributed by atoms with Crippen molar-refractivity contribution in [3.8, 4) is 5.75 Å². The number of para-hydroxylation sites is 2. The third-order valence-corrected chi connectivity index (χ3v) is 6.58. The van der Waals surface area contributed by atoms with E-state index in [0.29, 0.717) is 24.5 Å². The third kappa shape index (κ3) is 6.18. The second-order valence-corrected chi connectivity index (χ2v) is 9.30. The van der Waals surface area contributed by atoms with Gasteiger partial charge in [-0.05, 0) is 37.6 Å². The van der Waals surface area contributed by atoms with Gasteiger partial charge in [0.2, 0.25) is 0 Å². The van der Waals surface area contributed by atoms with Crippen LogP contribution in [0.1, 0.15) is 18.9 Å². The molecular formula is C23H25NO6S. The van der Waals surface area contributed by atoms with E-state index in [0.717, 1.165) is 5.56 Å². The van der Waals surface area contributed by atoms with E-state index in [1.165, 1.54) is 11.0 Å². The molecule has 0 saturated carbocycles. The molecule has 7 nitrogen and oxygen atoms in total. The maximum Gasteiger partial charge on any atom is 0.331 e. The number of amides is 1. The Hall–Kier alpha value is -3.13. The summed E-state index contributed by atoms with van der Waals surface area (Å²) in [4.78, 5) is 26.4. The average Bonchev–Trinajstić information content (AvgIpc) is 3.12. The van der Waals surface area contributed by atoms with Gasteiger partial charge in [-0.2, -0.15) is 0 Å². The zero-order valence-corrected chi connectivity index (χ0v) is 18.1. The average molecular weight is 444 g/mol. The highest BCUT2D eigenvalue weighted by Gasteiger charge is 2.35. The second-order valence-electron chi connectivity index (χ2n) is 7.07. The van der Waals surface area contributed by atoms with Crippen LogP contribution < -0.4 is 9.64 Å². The fourth-order valence-electron chi connectivity index (χ4n) is 3.44. The van der Waals surface area contributed by atoms with Gasteiger partial charge < -0.3 is 14.4 Å². The number of hydrogen-bond donors (Lipinski definition) is 0. The zero-order valence-electron chi connectivity index (χ0n) is 17.3. The molecule has 3 rings (SSSR count). The summed E-state index contributed by atoms with van der Waals surface area (Å²) >= 11 is 0. The monoisotopic (exact) mass is 443 g/mol. The van der Waals surface area contributed by atoms with Crippen molar-refractivity contribution in [1.82, 2.24) is 0 Å². The van der Waals surface area contributed by atoms with Crippen molar-refractivity contribution in [2.75, 3.05) is 29.6 Å². The fraction of sp³-hybridized carbons (Fsp3) is 0.304. The third-order valence-electron chi connectivity index (χ3n) is 4.83. The van der Waals surface area contributed by atoms with Gasteiger partial charge in [-0.3, -0.25) is 4.79 Å². The number of carbonyl (C=O) groups is 2. The van der Waals surface area contributed by atoms with Crippen LogP contribution in [0.2, 0.25) is 0 Å². The van der Waals surface area contributed by atoms with E-state index in [1.54, 1.807) is 42.5 Å². The molecule has 0 radical (unpaired) electrons. The Kier molecular flexibility index (Phi) is 7.46. The van der Waals surface area contributed by atoms with Crippen LogP contribution in [-0.4, -0.2) is 51.1 Å². The van der Waals surface area contributed by atoms with E-state index >= 15 is 0 Å². The minimum absolute atomic E-state index is 0.0377. The molecule has 31 heavy (non-hydrogen) atoms. The number of rotatable bonds is 8. The lowest BCUT2D eigenvalue weighted by Crippen LogP contribution is -2.43. The molecule has 0 spiro atoms. The molecule has 1 unspecified atom stereocenters. The van der Waals surface area contributed by atoms with Crippen LogP contribution in [0, 0.1) is 0 Å². The minimum atomic E-state index is -3.19. The van der Waals surface area contributed by atoms with Crippen molar-refractivity contribution in [2.45, 2.75) is 19.4 Å². The van der Waals surface area contributed by atoms with E-state index in [-0.39, 0.29) is 11.5 Å². The normalized spacial score (nSPS) is 17.4. The highest BCUT2D eigenvalue weighted by atomic mass is 32.2. The molecule has 164 valence electrons. The van der Waals surface area contributed by atoms with E-state index < -0.39 is 34.4 Å². The lowest BCUT2D eigenvalue weighted by Gasteiger charge is -2.28. The van der Waals surface area contributed by atoms with Gasteiger partial charge in [0.05, 0.1) is 24.2 Å². The number of nitrogens with zero attached hydrogens (tertiary/aromatic N) is 1. The highest BCUT2D eigenvalue weighted by molar-refractivity contribution is 7.91. The van der Waals surface area contributed by atoms with E-state index in [1.807, 2.05) is 25.1 Å². The molecule has 1 aliphatic rings. The van der Waals surface area contributed by atoms with Crippen LogP contribution in [0.5, 0.6) is 5.75 Å². The number of benzene rings is 2. The first kappa shape index (κ1) is 22.6. The number of carbonyl (C=O) groups excluding carboxylic acids is 2. The van der Waals surface area contributed by atoms with Gasteiger partial charge in [-0.15, -0.1) is 0 Å². The molecule has 1 atom stereocenters. The van der Waals surface area contributed by atoms with E-state index in [4.69, 9.17) is 9.47 Å². The summed E-state index contributed by atoms with van der Waals surface area (Å²) in [7, 11) is -3.19. The largest absolute Gasteiger partial charge is 0.493 e. The van der Waals surface area contributed by atoms with Crippen molar-refractivity contribution >= 4 is 33.5 Å². The Labute approximate surface area is 182 Å². The van der Waals surface area contributed by atoms with Gasteiger partial charge in [0, 0.05) is 17.3 Å². The Bertz CT molecular complexity index is 1050. The Morgan fingerprint density at radius 3 is 2.48 bits per heavy atom. The van der Waals surface area contributed by atoms with Crippen LogP contribution in [0.25, 0.3) is 6.08 Å². The SMILES string of the molecule is CCOc1ccccc1/C=C/C(=O)OCC(=O)N(c1ccccc1)C1CCS(=O)(=O)C1. The molecule has 0 aromatic heterocycles. The van der Waals surface area contributed by atoms with Crippen LogP contribution in [0.3, 0.4) is 0 Å². The fourth-order valence-corrected chi connectivity index (χ4v) is 5.14. The molecule has 0 N–H and O–H groups in total. The Balaban J connectivity index is 1.66. The van der Waals surface area contributed by atoms with Crippen molar-refractivity contribution in [1.29, 1.82) is 0 Å². The first-order valence-corrected chi connectivity index (χ1v) is 11.9. The second kappa shape index (κ2) is 10.3. The summed E-state index contributed by atoms with van der Waals surface area (Å²) in [5.74, 6) is -0.564. The molecule has 1 heterocycles. The molecule has 1 fully saturated rings. The lowest BCUT2D eigenvalue weighted by atomic mass is 10.2. The summed E-state index contributed by atoms with van der Waals surface area (Å²) in [6, 6.07) is 15.6. The first-order valence-electron chi connectivity index (χ1n) is 10.0. The molecular weight excluding hydrogens is 418 g/mol. The zero-order chi connectivity index (χ0) is 22.3. The standard InChI is InChI=1S/C23H25NO6S/c1-2-29-21-11-7-6-8-18(21)12-13-23(26)30-16-22(25)24(19-9-4-3-5-10-19)20-14-15-31(27,28)17-20/h3-13,20H,2,14-17H2,1H3/b13-12+. The highest BCUT2D eigenvalue weighted by Crippen LogP contribution is 2.25. The molecule has 1 aliphatic heterocycles. The van der Waals surface area contributed by atoms with E-state index in [2.05, 4.69) is 0 Å². The van der Waals surface area contributed by atoms with Crippen LogP contribution >= 0.6 is 0 Å². The Morgan fingerprint density at radius 2 is 1.81 bits per heavy atom. The van der Waals surface area contributed by atoms with Crippen LogP contribution in [0.15, 0.2) is 60.7 Å². The number of anilines is 1. The smallest absolute Gasteiger partial charge is 0.331 e. The molecule has 1 amide bonds. The predicted octanol–water partition coefficient (Wildman–Crippen LogP) is 2.86. The van der Waals surface area contributed by atoms with Gasteiger partial charge in [-0.25, -0.2) is 13.2 Å². The lowest BCUT2D eigenvalue weighted by molar-refractivity contribution is -0.143. The van der Waals surface area contributed by atoms with Gasteiger partial charge in [0.1, 0.15) is 5.75 Å². The molecule has 8 heteroatoms. The minimum Gasteiger partial charge on any atom is -0.493 e. The summed E-state index contributed by atoms with van der Waals surface area (Å²) in [5, 5.41) is 0. The van der Waals surface area contributed by atoms with Gasteiger partial charge in [-0.1, -0.05) is 36.4 Å². The Morgan fingerprint density at radius 1 is 1.10 bits per heavy atom. The van der Waals surface area contributed by atoms with Crippen LogP contribution in [-0.2, 0) is 24.2 Å². The topological polar surface area (TPSA) is 90.0 Å². The van der Waals surface area contributed by atoms with Crippen molar-refractivity contribution in [3.63, 3.8) is 0 Å². The van der Waals surface area contributed by atoms with Gasteiger partial charge in [0.15, 0.2) is 16.4 Å². The quantitative estimate of drug-likeness (QED) is 0.460. The van der Waals surface area contributed by atoms with E-state index in [9.17, 15) is 18.0 Å². The summed E-state index contributed by atoms with van der Waals surface area (Å²) in [6.07, 6.45) is 3.15. The molecule has 1 saturated heterocycles. The maximum atomic E-state index is 12.9. The van der Waals surface area contributed by atoms with Crippen molar-refractivity contribution < 1.29 is 27.5 Å².